The Labute approximate surface area is 201 Å². The molecule has 1 aliphatic rings. The van der Waals surface area contributed by atoms with Crippen molar-refractivity contribution >= 4 is 22.9 Å². The van der Waals surface area contributed by atoms with Gasteiger partial charge in [-0.05, 0) is 24.3 Å². The Kier molecular flexibility index (Phi) is 6.24. The highest BCUT2D eigenvalue weighted by Gasteiger charge is 2.21. The molecule has 0 saturated heterocycles. The van der Waals surface area contributed by atoms with Gasteiger partial charge in [0.25, 0.3) is 0 Å². The van der Waals surface area contributed by atoms with Gasteiger partial charge < -0.3 is 24.8 Å². The first kappa shape index (κ1) is 22.1. The van der Waals surface area contributed by atoms with Crippen LogP contribution >= 0.6 is 11.6 Å². The van der Waals surface area contributed by atoms with Crippen molar-refractivity contribution in [3.05, 3.63) is 72.1 Å². The van der Waals surface area contributed by atoms with E-state index in [0.29, 0.717) is 52.1 Å². The van der Waals surface area contributed by atoms with Crippen molar-refractivity contribution in [3.8, 4) is 17.0 Å². The van der Waals surface area contributed by atoms with Crippen molar-refractivity contribution in [2.45, 2.75) is 12.8 Å². The molecular weight excluding hydrogens is 458 g/mol. The summed E-state index contributed by atoms with van der Waals surface area (Å²) >= 11 is 6.29. The van der Waals surface area contributed by atoms with Crippen LogP contribution in [-0.2, 0) is 11.3 Å². The minimum atomic E-state index is -1.06. The fraction of sp³-hybridized carbons (Fsp3) is 0.261. The Balaban J connectivity index is 1.48. The van der Waals surface area contributed by atoms with Gasteiger partial charge in [-0.2, -0.15) is 10.2 Å². The van der Waals surface area contributed by atoms with Crippen LogP contribution < -0.4 is 10.1 Å². The molecule has 0 saturated carbocycles. The number of halogens is 1. The third-order valence-corrected chi connectivity index (χ3v) is 5.79. The van der Waals surface area contributed by atoms with Gasteiger partial charge >= 0.3 is 0 Å². The van der Waals surface area contributed by atoms with Gasteiger partial charge in [0, 0.05) is 41.9 Å². The van der Waals surface area contributed by atoms with Crippen molar-refractivity contribution in [1.29, 1.82) is 0 Å². The molecule has 11 heteroatoms. The second-order valence-corrected chi connectivity index (χ2v) is 8.16. The number of rotatable bonds is 8. The van der Waals surface area contributed by atoms with E-state index >= 15 is 0 Å². The summed E-state index contributed by atoms with van der Waals surface area (Å²) in [5.41, 5.74) is 3.07. The van der Waals surface area contributed by atoms with Gasteiger partial charge in [-0.3, -0.25) is 4.68 Å². The number of aromatic nitrogens is 5. The molecule has 176 valence electrons. The molecule has 0 spiro atoms. The second-order valence-electron chi connectivity index (χ2n) is 7.73. The molecule has 0 bridgehead atoms. The third kappa shape index (κ3) is 4.50. The molecule has 1 aliphatic heterocycles. The lowest BCUT2D eigenvalue weighted by molar-refractivity contribution is 0.169. The van der Waals surface area contributed by atoms with Crippen LogP contribution in [0, 0.1) is 0 Å². The van der Waals surface area contributed by atoms with Crippen molar-refractivity contribution in [2.75, 3.05) is 32.1 Å². The number of hydrogen-bond donors (Lipinski definition) is 2. The fourth-order valence-electron chi connectivity index (χ4n) is 3.83. The summed E-state index contributed by atoms with van der Waals surface area (Å²) in [5.74, 6) is 0.626. The average Bonchev–Trinajstić information content (AvgIpc) is 3.47. The Morgan fingerprint density at radius 2 is 2.24 bits per heavy atom. The highest BCUT2D eigenvalue weighted by molar-refractivity contribution is 6.31. The molecule has 4 heterocycles. The molecule has 3 aromatic heterocycles. The maximum Gasteiger partial charge on any atom is 0.162 e. The first-order valence-electron chi connectivity index (χ1n) is 10.8. The van der Waals surface area contributed by atoms with E-state index in [2.05, 4.69) is 20.3 Å². The van der Waals surface area contributed by atoms with Crippen LogP contribution in [0.5, 0.6) is 5.75 Å². The molecule has 10 nitrogen and oxygen atoms in total. The zero-order valence-corrected chi connectivity index (χ0v) is 19.3. The average molecular weight is 482 g/mol. The zero-order valence-electron chi connectivity index (χ0n) is 18.5. The topological polar surface area (TPSA) is 102 Å². The van der Waals surface area contributed by atoms with Gasteiger partial charge in [-0.1, -0.05) is 11.6 Å². The van der Waals surface area contributed by atoms with E-state index in [1.807, 2.05) is 17.1 Å². The lowest BCUT2D eigenvalue weighted by Gasteiger charge is -2.23. The summed E-state index contributed by atoms with van der Waals surface area (Å²) in [6.07, 6.45) is 9.46. The molecule has 5 rings (SSSR count). The Morgan fingerprint density at radius 1 is 1.32 bits per heavy atom. The minimum Gasteiger partial charge on any atom is -0.498 e. The highest BCUT2D eigenvalue weighted by atomic mass is 35.5. The van der Waals surface area contributed by atoms with E-state index < -0.39 is 6.23 Å². The SMILES string of the molecule is COc1ccc(Cl)cc1-c1nn(CCN2C=COCC2)cc1NC(O)c1cnn2cccnc12. The summed E-state index contributed by atoms with van der Waals surface area (Å²) in [6.45, 7) is 2.87. The maximum atomic E-state index is 11.0. The standard InChI is InChI=1S/C23H24ClN7O3/c1-33-20-4-3-16(24)13-17(20)21-19(15-30(28-21)8-7-29-9-11-34-12-10-29)27-23(32)18-14-26-31-6-2-5-25-22(18)31/h2-6,9,11,13-15,23,27,32H,7-8,10,12H2,1H3. The molecule has 0 amide bonds. The number of nitrogens with one attached hydrogen (secondary N) is 1. The number of nitrogens with zero attached hydrogens (tertiary/aromatic N) is 6. The summed E-state index contributed by atoms with van der Waals surface area (Å²) in [7, 11) is 1.60. The van der Waals surface area contributed by atoms with Gasteiger partial charge in [0.05, 0.1) is 43.9 Å². The first-order chi connectivity index (χ1) is 16.6. The lowest BCUT2D eigenvalue weighted by Crippen LogP contribution is -2.28. The smallest absolute Gasteiger partial charge is 0.162 e. The van der Waals surface area contributed by atoms with Crippen LogP contribution in [-0.4, -0.2) is 61.2 Å². The lowest BCUT2D eigenvalue weighted by atomic mass is 10.1. The fourth-order valence-corrected chi connectivity index (χ4v) is 4.00. The Hall–Kier alpha value is -3.76. The van der Waals surface area contributed by atoms with E-state index in [1.54, 1.807) is 60.7 Å². The molecule has 2 N–H and O–H groups in total. The molecule has 0 fully saturated rings. The number of benzene rings is 1. The minimum absolute atomic E-state index is 0.552. The first-order valence-corrected chi connectivity index (χ1v) is 11.2. The number of ether oxygens (including phenoxy) is 2. The largest absolute Gasteiger partial charge is 0.498 e. The summed E-state index contributed by atoms with van der Waals surface area (Å²) < 4.78 is 14.3. The van der Waals surface area contributed by atoms with E-state index in [-0.39, 0.29) is 0 Å². The van der Waals surface area contributed by atoms with Crippen LogP contribution in [0.3, 0.4) is 0 Å². The summed E-state index contributed by atoms with van der Waals surface area (Å²) in [4.78, 5) is 6.49. The van der Waals surface area contributed by atoms with Gasteiger partial charge in [0.15, 0.2) is 11.9 Å². The molecule has 0 aliphatic carbocycles. The molecule has 1 atom stereocenters. The molecule has 1 aromatic carbocycles. The molecule has 34 heavy (non-hydrogen) atoms. The number of aliphatic hydroxyl groups excluding tert-OH is 1. The molecular formula is C23H24ClN7O3. The quantitative estimate of drug-likeness (QED) is 0.370. The van der Waals surface area contributed by atoms with E-state index in [0.717, 1.165) is 13.1 Å². The van der Waals surface area contributed by atoms with E-state index in [1.165, 1.54) is 0 Å². The van der Waals surface area contributed by atoms with E-state index in [4.69, 9.17) is 26.2 Å². The number of hydrogen-bond acceptors (Lipinski definition) is 8. The monoisotopic (exact) mass is 481 g/mol. The number of methoxy groups -OCH3 is 1. The predicted molar refractivity (Wildman–Crippen MR) is 127 cm³/mol. The molecule has 1 unspecified atom stereocenters. The Morgan fingerprint density at radius 3 is 3.06 bits per heavy atom. The van der Waals surface area contributed by atoms with E-state index in [9.17, 15) is 5.11 Å². The zero-order chi connectivity index (χ0) is 23.5. The maximum absolute atomic E-state index is 11.0. The van der Waals surface area contributed by atoms with Crippen LogP contribution in [0.15, 0.2) is 61.5 Å². The van der Waals surface area contributed by atoms with Gasteiger partial charge in [-0.15, -0.1) is 0 Å². The summed E-state index contributed by atoms with van der Waals surface area (Å²) in [6, 6.07) is 7.13. The highest BCUT2D eigenvalue weighted by Crippen LogP contribution is 2.37. The molecule has 4 aromatic rings. The van der Waals surface area contributed by atoms with Crippen LogP contribution in [0.2, 0.25) is 5.02 Å². The second kappa shape index (κ2) is 9.62. The molecule has 0 radical (unpaired) electrons. The third-order valence-electron chi connectivity index (χ3n) is 5.55. The van der Waals surface area contributed by atoms with Crippen molar-refractivity contribution in [2.24, 2.45) is 0 Å². The van der Waals surface area contributed by atoms with Crippen molar-refractivity contribution in [3.63, 3.8) is 0 Å². The number of anilines is 1. The predicted octanol–water partition coefficient (Wildman–Crippen LogP) is 3.16. The normalized spacial score (nSPS) is 14.3. The van der Waals surface area contributed by atoms with Crippen LogP contribution in [0.1, 0.15) is 11.8 Å². The van der Waals surface area contributed by atoms with Gasteiger partial charge in [0.1, 0.15) is 18.1 Å². The van der Waals surface area contributed by atoms with Gasteiger partial charge in [-0.25, -0.2) is 9.50 Å². The Bertz CT molecular complexity index is 1320. The summed E-state index contributed by atoms with van der Waals surface area (Å²) in [5, 5.41) is 23.8. The van der Waals surface area contributed by atoms with Crippen molar-refractivity contribution in [1.82, 2.24) is 29.3 Å². The number of aliphatic hydroxyl groups is 1. The number of fused-ring (bicyclic) bond motifs is 1. The van der Waals surface area contributed by atoms with Crippen molar-refractivity contribution < 1.29 is 14.6 Å². The van der Waals surface area contributed by atoms with Gasteiger partial charge in [0.2, 0.25) is 0 Å². The van der Waals surface area contributed by atoms with Crippen LogP contribution in [0.25, 0.3) is 16.9 Å². The van der Waals surface area contributed by atoms with Crippen LogP contribution in [0.4, 0.5) is 5.69 Å².